The summed E-state index contributed by atoms with van der Waals surface area (Å²) in [7, 11) is 0. The Bertz CT molecular complexity index is 791. The normalized spacial score (nSPS) is 42.2. The first-order chi connectivity index (χ1) is 16.7. The minimum atomic E-state index is 0.110. The fourth-order valence-electron chi connectivity index (χ4n) is 10.2. The van der Waals surface area contributed by atoms with E-state index in [1.54, 1.807) is 5.57 Å². The van der Waals surface area contributed by atoms with Gasteiger partial charge in [-0.15, -0.1) is 0 Å². The lowest BCUT2D eigenvalue weighted by Gasteiger charge is -2.58. The van der Waals surface area contributed by atoms with Crippen molar-refractivity contribution in [3.05, 3.63) is 11.6 Å². The molecular weight excluding hydrogens is 428 g/mol. The van der Waals surface area contributed by atoms with Gasteiger partial charge in [0.2, 0.25) is 0 Å². The largest absolute Gasteiger partial charge is 0.462 e. The Morgan fingerprint density at radius 1 is 0.971 bits per heavy atom. The second-order valence-electron chi connectivity index (χ2n) is 14.6. The van der Waals surface area contributed by atoms with E-state index >= 15 is 0 Å². The van der Waals surface area contributed by atoms with Crippen LogP contribution in [0.2, 0.25) is 0 Å². The third-order valence-electron chi connectivity index (χ3n) is 12.2. The molecule has 2 heteroatoms. The van der Waals surface area contributed by atoms with Gasteiger partial charge < -0.3 is 4.74 Å². The summed E-state index contributed by atoms with van der Waals surface area (Å²) in [6.45, 7) is 12.6. The number of rotatable bonds is 7. The standard InChI is InChI=1S/C33H54O2/c1-22(2)9-8-10-23(3)28-15-16-29-27-14-13-25-21-26(35-31(34)24-11-6-7-12-24)17-19-32(25,4)30(27)18-20-33(28,29)5/h13,22-24,26-30H,6-12,14-21H2,1-5H3. The fourth-order valence-corrected chi connectivity index (χ4v) is 10.2. The molecule has 35 heavy (non-hydrogen) atoms. The van der Waals surface area contributed by atoms with Gasteiger partial charge in [0.05, 0.1) is 5.92 Å². The van der Waals surface area contributed by atoms with E-state index in [4.69, 9.17) is 4.74 Å². The van der Waals surface area contributed by atoms with Crippen LogP contribution in [0.3, 0.4) is 0 Å². The van der Waals surface area contributed by atoms with E-state index in [9.17, 15) is 4.79 Å². The molecule has 0 spiro atoms. The first-order valence-corrected chi connectivity index (χ1v) is 15.6. The second kappa shape index (κ2) is 10.2. The van der Waals surface area contributed by atoms with Crippen LogP contribution in [0, 0.1) is 52.3 Å². The van der Waals surface area contributed by atoms with Crippen LogP contribution in [0.4, 0.5) is 0 Å². The number of hydrogen-bond acceptors (Lipinski definition) is 2. The van der Waals surface area contributed by atoms with E-state index in [0.717, 1.165) is 61.2 Å². The van der Waals surface area contributed by atoms with Gasteiger partial charge in [-0.25, -0.2) is 0 Å². The van der Waals surface area contributed by atoms with Crippen LogP contribution < -0.4 is 0 Å². The van der Waals surface area contributed by atoms with Crippen molar-refractivity contribution in [2.75, 3.05) is 0 Å². The van der Waals surface area contributed by atoms with Crippen molar-refractivity contribution >= 4 is 5.97 Å². The molecule has 0 bridgehead atoms. The Morgan fingerprint density at radius 2 is 1.74 bits per heavy atom. The molecule has 4 fully saturated rings. The molecule has 2 nitrogen and oxygen atoms in total. The van der Waals surface area contributed by atoms with Crippen molar-refractivity contribution in [3.8, 4) is 0 Å². The van der Waals surface area contributed by atoms with Crippen molar-refractivity contribution in [1.82, 2.24) is 0 Å². The van der Waals surface area contributed by atoms with Gasteiger partial charge in [-0.1, -0.05) is 78.4 Å². The Labute approximate surface area is 216 Å². The van der Waals surface area contributed by atoms with E-state index in [1.165, 1.54) is 70.6 Å². The minimum Gasteiger partial charge on any atom is -0.462 e. The van der Waals surface area contributed by atoms with Gasteiger partial charge in [-0.2, -0.15) is 0 Å². The molecule has 0 aromatic rings. The predicted molar refractivity (Wildman–Crippen MR) is 145 cm³/mol. The fraction of sp³-hybridized carbons (Fsp3) is 0.909. The van der Waals surface area contributed by atoms with E-state index in [1.807, 2.05) is 0 Å². The lowest BCUT2D eigenvalue weighted by atomic mass is 9.47. The molecular formula is C33H54O2. The summed E-state index contributed by atoms with van der Waals surface area (Å²) in [4.78, 5) is 12.7. The van der Waals surface area contributed by atoms with Crippen LogP contribution in [-0.4, -0.2) is 12.1 Å². The van der Waals surface area contributed by atoms with Crippen molar-refractivity contribution in [3.63, 3.8) is 0 Å². The summed E-state index contributed by atoms with van der Waals surface area (Å²) in [6.07, 6.45) is 21.9. The van der Waals surface area contributed by atoms with Crippen LogP contribution in [0.1, 0.15) is 131 Å². The summed E-state index contributed by atoms with van der Waals surface area (Å²) in [6, 6.07) is 0. The topological polar surface area (TPSA) is 26.3 Å². The monoisotopic (exact) mass is 482 g/mol. The van der Waals surface area contributed by atoms with E-state index in [0.29, 0.717) is 10.8 Å². The zero-order valence-electron chi connectivity index (χ0n) is 23.6. The summed E-state index contributed by atoms with van der Waals surface area (Å²) in [5.41, 5.74) is 2.56. The molecule has 0 amide bonds. The van der Waals surface area contributed by atoms with E-state index in [2.05, 4.69) is 40.7 Å². The lowest BCUT2D eigenvalue weighted by molar-refractivity contribution is -0.156. The number of fused-ring (bicyclic) bond motifs is 5. The summed E-state index contributed by atoms with van der Waals surface area (Å²) < 4.78 is 6.10. The molecule has 0 saturated heterocycles. The maximum atomic E-state index is 12.7. The highest BCUT2D eigenvalue weighted by Crippen LogP contribution is 2.67. The molecule has 5 rings (SSSR count). The Balaban J connectivity index is 1.24. The Kier molecular flexibility index (Phi) is 7.51. The van der Waals surface area contributed by atoms with Crippen LogP contribution in [0.25, 0.3) is 0 Å². The number of allylic oxidation sites excluding steroid dienone is 1. The molecule has 0 heterocycles. The first kappa shape index (κ1) is 25.8. The molecule has 0 aromatic heterocycles. The second-order valence-corrected chi connectivity index (χ2v) is 14.6. The molecule has 4 saturated carbocycles. The van der Waals surface area contributed by atoms with Crippen molar-refractivity contribution < 1.29 is 9.53 Å². The molecule has 0 aliphatic heterocycles. The Hall–Kier alpha value is -0.790. The molecule has 8 unspecified atom stereocenters. The maximum Gasteiger partial charge on any atom is 0.309 e. The van der Waals surface area contributed by atoms with Gasteiger partial charge in [-0.05, 0) is 104 Å². The third-order valence-corrected chi connectivity index (χ3v) is 12.2. The average Bonchev–Trinajstić information content (AvgIpc) is 3.47. The van der Waals surface area contributed by atoms with Gasteiger partial charge >= 0.3 is 5.97 Å². The molecule has 8 atom stereocenters. The smallest absolute Gasteiger partial charge is 0.309 e. The molecule has 198 valence electrons. The quantitative estimate of drug-likeness (QED) is 0.267. The van der Waals surface area contributed by atoms with Crippen LogP contribution >= 0.6 is 0 Å². The van der Waals surface area contributed by atoms with E-state index in [-0.39, 0.29) is 18.0 Å². The van der Waals surface area contributed by atoms with E-state index < -0.39 is 0 Å². The van der Waals surface area contributed by atoms with Gasteiger partial charge in [0, 0.05) is 6.42 Å². The van der Waals surface area contributed by atoms with Crippen molar-refractivity contribution in [2.45, 2.75) is 137 Å². The highest BCUT2D eigenvalue weighted by Gasteiger charge is 2.59. The molecule has 0 N–H and O–H groups in total. The van der Waals surface area contributed by atoms with Crippen molar-refractivity contribution in [1.29, 1.82) is 0 Å². The lowest BCUT2D eigenvalue weighted by Crippen LogP contribution is -2.51. The predicted octanol–water partition coefficient (Wildman–Crippen LogP) is 9.13. The zero-order valence-corrected chi connectivity index (χ0v) is 23.6. The number of hydrogen-bond donors (Lipinski definition) is 0. The summed E-state index contributed by atoms with van der Waals surface area (Å²) in [5, 5.41) is 0. The zero-order chi connectivity index (χ0) is 24.8. The van der Waals surface area contributed by atoms with Gasteiger partial charge in [0.1, 0.15) is 6.10 Å². The SMILES string of the molecule is CC(C)CCCC(C)C1CCC2C3CC=C4CC(OC(=O)C5CCCC5)CCC4(C)C3CCC12C. The highest BCUT2D eigenvalue weighted by molar-refractivity contribution is 5.73. The summed E-state index contributed by atoms with van der Waals surface area (Å²) in [5.74, 6) is 5.61. The van der Waals surface area contributed by atoms with Gasteiger partial charge in [0.25, 0.3) is 0 Å². The number of ether oxygens (including phenoxy) is 1. The molecule has 5 aliphatic carbocycles. The third kappa shape index (κ3) is 4.79. The minimum absolute atomic E-state index is 0.110. The van der Waals surface area contributed by atoms with Crippen LogP contribution in [-0.2, 0) is 9.53 Å². The number of carbonyl (C=O) groups is 1. The maximum absolute atomic E-state index is 12.7. The average molecular weight is 483 g/mol. The Morgan fingerprint density at radius 3 is 2.49 bits per heavy atom. The van der Waals surface area contributed by atoms with Gasteiger partial charge in [0.15, 0.2) is 0 Å². The van der Waals surface area contributed by atoms with Crippen LogP contribution in [0.15, 0.2) is 11.6 Å². The highest BCUT2D eigenvalue weighted by atomic mass is 16.5. The number of carbonyl (C=O) groups excluding carboxylic acids is 1. The van der Waals surface area contributed by atoms with Gasteiger partial charge in [-0.3, -0.25) is 4.79 Å². The molecule has 0 aromatic carbocycles. The summed E-state index contributed by atoms with van der Waals surface area (Å²) >= 11 is 0. The molecule has 5 aliphatic rings. The van der Waals surface area contributed by atoms with Crippen LogP contribution in [0.5, 0.6) is 0 Å². The molecule has 0 radical (unpaired) electrons. The van der Waals surface area contributed by atoms with Crippen molar-refractivity contribution in [2.24, 2.45) is 52.3 Å². The number of esters is 1. The first-order valence-electron chi connectivity index (χ1n) is 15.6.